The van der Waals surface area contributed by atoms with Crippen LogP contribution in [0.3, 0.4) is 0 Å². The van der Waals surface area contributed by atoms with Crippen molar-refractivity contribution in [2.75, 3.05) is 13.2 Å². The Morgan fingerprint density at radius 2 is 2.00 bits per heavy atom. The number of ether oxygens (including phenoxy) is 1. The van der Waals surface area contributed by atoms with Crippen LogP contribution >= 0.6 is 0 Å². The molecule has 1 saturated carbocycles. The molecule has 1 amide bonds. The molecule has 2 bridgehead atoms. The number of fused-ring (bicyclic) bond motifs is 3. The van der Waals surface area contributed by atoms with Gasteiger partial charge in [-0.2, -0.15) is 0 Å². The Morgan fingerprint density at radius 3 is 2.56 bits per heavy atom. The molecule has 0 atom stereocenters. The quantitative estimate of drug-likeness (QED) is 0.509. The highest BCUT2D eigenvalue weighted by Crippen LogP contribution is 2.51. The van der Waals surface area contributed by atoms with E-state index in [1.807, 2.05) is 0 Å². The fourth-order valence-electron chi connectivity index (χ4n) is 4.42. The summed E-state index contributed by atoms with van der Waals surface area (Å²) < 4.78 is 6.35. The Morgan fingerprint density at radius 1 is 1.26 bits per heavy atom. The molecule has 5 heteroatoms. The van der Waals surface area contributed by atoms with E-state index in [0.29, 0.717) is 6.54 Å². The van der Waals surface area contributed by atoms with E-state index < -0.39 is 0 Å². The van der Waals surface area contributed by atoms with E-state index in [1.54, 1.807) is 0 Å². The van der Waals surface area contributed by atoms with Crippen molar-refractivity contribution in [3.05, 3.63) is 46.7 Å². The standard InChI is InChI=1S/C22H31N3O2/c1-16-3-4-18(11-17(16)2)12-21-5-7-22(8-6-21,27-15-21)9-10-25-20(26)19(13-23)14-24/h3-4,11,13-14,23H,5-10,12,15,24H2,1-2H3,(H,25,26)/b19-14+,23-13?. The van der Waals surface area contributed by atoms with Crippen molar-refractivity contribution >= 4 is 12.1 Å². The number of benzene rings is 1. The number of nitrogens with two attached hydrogens (primary N) is 1. The van der Waals surface area contributed by atoms with E-state index >= 15 is 0 Å². The zero-order valence-electron chi connectivity index (χ0n) is 16.4. The van der Waals surface area contributed by atoms with Crippen LogP contribution in [0.5, 0.6) is 0 Å². The van der Waals surface area contributed by atoms with Gasteiger partial charge in [0.25, 0.3) is 5.91 Å². The maximum absolute atomic E-state index is 11.9. The highest BCUT2D eigenvalue weighted by molar-refractivity contribution is 6.11. The van der Waals surface area contributed by atoms with E-state index in [4.69, 9.17) is 15.9 Å². The predicted octanol–water partition coefficient (Wildman–Crippen LogP) is 3.17. The number of nitrogens with one attached hydrogen (secondary N) is 2. The van der Waals surface area contributed by atoms with Crippen molar-refractivity contribution in [2.24, 2.45) is 11.1 Å². The van der Waals surface area contributed by atoms with Crippen LogP contribution < -0.4 is 11.1 Å². The van der Waals surface area contributed by atoms with Gasteiger partial charge in [-0.15, -0.1) is 0 Å². The maximum Gasteiger partial charge on any atom is 0.254 e. The number of carbonyl (C=O) groups is 1. The van der Waals surface area contributed by atoms with Gasteiger partial charge < -0.3 is 21.2 Å². The molecule has 27 heavy (non-hydrogen) atoms. The van der Waals surface area contributed by atoms with Crippen molar-refractivity contribution in [3.8, 4) is 0 Å². The van der Waals surface area contributed by atoms with Gasteiger partial charge in [0.15, 0.2) is 0 Å². The third-order valence-electron chi connectivity index (χ3n) is 6.52. The SMILES string of the molecule is Cc1ccc(CC23CCC(CCNC(=O)/C(C=N)=C/N)(CC2)OC3)cc1C. The molecule has 1 aliphatic carbocycles. The molecule has 2 aliphatic heterocycles. The van der Waals surface area contributed by atoms with Crippen molar-refractivity contribution in [2.45, 2.75) is 58.0 Å². The summed E-state index contributed by atoms with van der Waals surface area (Å²) in [7, 11) is 0. The van der Waals surface area contributed by atoms with Crippen LogP contribution in [0.2, 0.25) is 0 Å². The smallest absolute Gasteiger partial charge is 0.254 e. The van der Waals surface area contributed by atoms with Crippen LogP contribution in [0.15, 0.2) is 30.0 Å². The summed E-state index contributed by atoms with van der Waals surface area (Å²) in [4.78, 5) is 11.9. The second kappa shape index (κ2) is 7.85. The summed E-state index contributed by atoms with van der Waals surface area (Å²) in [5.74, 6) is -0.292. The van der Waals surface area contributed by atoms with Gasteiger partial charge in [-0.1, -0.05) is 18.2 Å². The Labute approximate surface area is 161 Å². The zero-order chi connectivity index (χ0) is 19.5. The molecule has 1 aromatic carbocycles. The fourth-order valence-corrected chi connectivity index (χ4v) is 4.42. The van der Waals surface area contributed by atoms with E-state index in [1.165, 1.54) is 35.7 Å². The highest BCUT2D eigenvalue weighted by atomic mass is 16.5. The number of hydrogen-bond donors (Lipinski definition) is 3. The molecule has 3 fully saturated rings. The second-order valence-electron chi connectivity index (χ2n) is 8.34. The molecular weight excluding hydrogens is 338 g/mol. The molecule has 5 nitrogen and oxygen atoms in total. The van der Waals surface area contributed by atoms with Crippen molar-refractivity contribution < 1.29 is 9.53 Å². The Balaban J connectivity index is 1.53. The number of aryl methyl sites for hydroxylation is 2. The van der Waals surface area contributed by atoms with E-state index in [2.05, 4.69) is 37.4 Å². The molecule has 3 aliphatic rings. The van der Waals surface area contributed by atoms with Crippen LogP contribution in [0.25, 0.3) is 0 Å². The zero-order valence-corrected chi connectivity index (χ0v) is 16.4. The van der Waals surface area contributed by atoms with Crippen molar-refractivity contribution in [3.63, 3.8) is 0 Å². The molecule has 1 aromatic rings. The minimum atomic E-state index is -0.292. The van der Waals surface area contributed by atoms with Crippen LogP contribution in [0.1, 0.15) is 48.8 Å². The number of rotatable bonds is 7. The molecule has 0 unspecified atom stereocenters. The summed E-state index contributed by atoms with van der Waals surface area (Å²) >= 11 is 0. The normalized spacial score (nSPS) is 27.4. The van der Waals surface area contributed by atoms with Crippen LogP contribution in [-0.2, 0) is 16.0 Å². The summed E-state index contributed by atoms with van der Waals surface area (Å²) in [5, 5.41) is 10.0. The predicted molar refractivity (Wildman–Crippen MR) is 108 cm³/mol. The van der Waals surface area contributed by atoms with E-state index in [9.17, 15) is 4.79 Å². The van der Waals surface area contributed by atoms with Crippen LogP contribution in [0, 0.1) is 24.7 Å². The average Bonchev–Trinajstić information content (AvgIpc) is 2.67. The lowest BCUT2D eigenvalue weighted by molar-refractivity contribution is -0.185. The van der Waals surface area contributed by atoms with Gasteiger partial charge in [-0.3, -0.25) is 4.79 Å². The van der Waals surface area contributed by atoms with Crippen molar-refractivity contribution in [1.29, 1.82) is 5.41 Å². The summed E-state index contributed by atoms with van der Waals surface area (Å²) in [6, 6.07) is 6.80. The lowest BCUT2D eigenvalue weighted by Crippen LogP contribution is -2.53. The molecule has 2 saturated heterocycles. The van der Waals surface area contributed by atoms with Crippen molar-refractivity contribution in [1.82, 2.24) is 5.32 Å². The lowest BCUT2D eigenvalue weighted by atomic mass is 9.63. The average molecular weight is 370 g/mol. The van der Waals surface area contributed by atoms with Gasteiger partial charge in [0.1, 0.15) is 0 Å². The fraction of sp³-hybridized carbons (Fsp3) is 0.545. The molecule has 4 rings (SSSR count). The largest absolute Gasteiger partial charge is 0.404 e. The Hall–Kier alpha value is -2.14. The van der Waals surface area contributed by atoms with Gasteiger partial charge in [-0.05, 0) is 74.5 Å². The topological polar surface area (TPSA) is 88.2 Å². The molecule has 146 valence electrons. The summed E-state index contributed by atoms with van der Waals surface area (Å²) in [6.45, 7) is 5.69. The third kappa shape index (κ3) is 4.24. The molecule has 0 spiro atoms. The Kier molecular flexibility index (Phi) is 5.70. The molecule has 0 radical (unpaired) electrons. The van der Waals surface area contributed by atoms with Gasteiger partial charge in [0.05, 0.1) is 17.8 Å². The first-order valence-corrected chi connectivity index (χ1v) is 9.82. The highest BCUT2D eigenvalue weighted by Gasteiger charge is 2.49. The first-order chi connectivity index (χ1) is 12.9. The first kappa shape index (κ1) is 19.6. The Bertz CT molecular complexity index is 729. The minimum absolute atomic E-state index is 0.102. The number of carbonyl (C=O) groups excluding carboxylic acids is 1. The first-order valence-electron chi connectivity index (χ1n) is 9.82. The monoisotopic (exact) mass is 369 g/mol. The summed E-state index contributed by atoms with van der Waals surface area (Å²) in [6.07, 6.45) is 8.52. The van der Waals surface area contributed by atoms with E-state index in [0.717, 1.165) is 38.5 Å². The number of amides is 1. The molecule has 2 heterocycles. The minimum Gasteiger partial charge on any atom is -0.404 e. The van der Waals surface area contributed by atoms with Gasteiger partial charge in [0, 0.05) is 19.0 Å². The molecule has 4 N–H and O–H groups in total. The van der Waals surface area contributed by atoms with E-state index in [-0.39, 0.29) is 22.5 Å². The summed E-state index contributed by atoms with van der Waals surface area (Å²) in [5.41, 5.74) is 9.82. The van der Waals surface area contributed by atoms with Crippen LogP contribution in [-0.4, -0.2) is 30.9 Å². The molecular formula is C22H31N3O2. The third-order valence-corrected chi connectivity index (χ3v) is 6.52. The van der Waals surface area contributed by atoms with Crippen LogP contribution in [0.4, 0.5) is 0 Å². The lowest BCUT2D eigenvalue weighted by Gasteiger charge is -2.53. The second-order valence-corrected chi connectivity index (χ2v) is 8.34. The van der Waals surface area contributed by atoms with Gasteiger partial charge >= 0.3 is 0 Å². The van der Waals surface area contributed by atoms with Gasteiger partial charge in [-0.25, -0.2) is 0 Å². The number of hydrogen-bond acceptors (Lipinski definition) is 4. The maximum atomic E-state index is 11.9. The van der Waals surface area contributed by atoms with Gasteiger partial charge in [0.2, 0.25) is 0 Å². The molecule has 0 aromatic heterocycles.